The van der Waals surface area contributed by atoms with Gasteiger partial charge in [-0.3, -0.25) is 0 Å². The second-order valence-electron chi connectivity index (χ2n) is 5.61. The van der Waals surface area contributed by atoms with Gasteiger partial charge in [-0.15, -0.1) is 0 Å². The van der Waals surface area contributed by atoms with Crippen molar-refractivity contribution in [2.45, 2.75) is 49.8 Å². The van der Waals surface area contributed by atoms with Crippen molar-refractivity contribution >= 4 is 15.9 Å². The number of halogens is 1. The van der Waals surface area contributed by atoms with E-state index in [1.54, 1.807) is 0 Å². The fourth-order valence-corrected chi connectivity index (χ4v) is 3.25. The molecule has 98 valence electrons. The van der Waals surface area contributed by atoms with E-state index in [1.807, 2.05) is 7.11 Å². The predicted octanol–water partition coefficient (Wildman–Crippen LogP) is 3.46. The Morgan fingerprint density at radius 1 is 1.06 bits per heavy atom. The summed E-state index contributed by atoms with van der Waals surface area (Å²) >= 11 is 3.48. The Labute approximate surface area is 117 Å². The third kappa shape index (κ3) is 2.63. The van der Waals surface area contributed by atoms with Gasteiger partial charge >= 0.3 is 0 Å². The summed E-state index contributed by atoms with van der Waals surface area (Å²) in [5.74, 6) is 0.758. The van der Waals surface area contributed by atoms with Gasteiger partial charge in [-0.25, -0.2) is 0 Å². The second-order valence-corrected chi connectivity index (χ2v) is 6.53. The first-order chi connectivity index (χ1) is 8.74. The molecular weight excluding hydrogens is 290 g/mol. The number of benzene rings is 1. The predicted molar refractivity (Wildman–Crippen MR) is 76.9 cm³/mol. The van der Waals surface area contributed by atoms with Gasteiger partial charge in [0.1, 0.15) is 0 Å². The molecule has 2 aliphatic rings. The van der Waals surface area contributed by atoms with E-state index in [2.05, 4.69) is 45.5 Å². The van der Waals surface area contributed by atoms with Crippen molar-refractivity contribution in [3.05, 3.63) is 34.3 Å². The van der Waals surface area contributed by atoms with E-state index < -0.39 is 0 Å². The van der Waals surface area contributed by atoms with Crippen molar-refractivity contribution in [3.8, 4) is 0 Å². The average Bonchev–Trinajstić information content (AvgIpc) is 2.27. The van der Waals surface area contributed by atoms with Gasteiger partial charge < -0.3 is 10.1 Å². The summed E-state index contributed by atoms with van der Waals surface area (Å²) < 4.78 is 6.47. The zero-order chi connectivity index (χ0) is 12.5. The highest BCUT2D eigenvalue weighted by Gasteiger charge is 2.35. The summed E-state index contributed by atoms with van der Waals surface area (Å²) in [4.78, 5) is 0. The van der Waals surface area contributed by atoms with Gasteiger partial charge in [0.05, 0.1) is 6.10 Å². The molecule has 2 saturated carbocycles. The lowest BCUT2D eigenvalue weighted by atomic mass is 9.74. The molecule has 0 aromatic heterocycles. The maximum atomic E-state index is 5.31. The molecule has 0 bridgehead atoms. The Morgan fingerprint density at radius 2 is 1.67 bits per heavy atom. The molecule has 1 aromatic carbocycles. The standard InChI is InChI=1S/C15H20BrNO/c1-18-15-8-14(9-15)17-13-6-11(7-13)10-2-4-12(16)5-3-10/h2-5,11,13-15,17H,6-9H2,1H3. The van der Waals surface area contributed by atoms with Crippen LogP contribution in [0.2, 0.25) is 0 Å². The smallest absolute Gasteiger partial charge is 0.0601 e. The van der Waals surface area contributed by atoms with Crippen molar-refractivity contribution in [2.24, 2.45) is 0 Å². The van der Waals surface area contributed by atoms with Crippen molar-refractivity contribution in [1.82, 2.24) is 5.32 Å². The summed E-state index contributed by atoms with van der Waals surface area (Å²) in [6.07, 6.45) is 5.46. The Kier molecular flexibility index (Phi) is 3.73. The van der Waals surface area contributed by atoms with E-state index in [4.69, 9.17) is 4.74 Å². The van der Waals surface area contributed by atoms with Crippen LogP contribution in [0.3, 0.4) is 0 Å². The first kappa shape index (κ1) is 12.6. The molecule has 0 unspecified atom stereocenters. The number of methoxy groups -OCH3 is 1. The highest BCUT2D eigenvalue weighted by atomic mass is 79.9. The number of ether oxygens (including phenoxy) is 1. The molecule has 0 saturated heterocycles. The van der Waals surface area contributed by atoms with Crippen LogP contribution < -0.4 is 5.32 Å². The lowest BCUT2D eigenvalue weighted by Crippen LogP contribution is -2.52. The minimum Gasteiger partial charge on any atom is -0.381 e. The Bertz CT molecular complexity index is 393. The molecule has 3 heteroatoms. The largest absolute Gasteiger partial charge is 0.381 e. The summed E-state index contributed by atoms with van der Waals surface area (Å²) in [5.41, 5.74) is 1.49. The quantitative estimate of drug-likeness (QED) is 0.919. The van der Waals surface area contributed by atoms with Gasteiger partial charge in [0.25, 0.3) is 0 Å². The lowest BCUT2D eigenvalue weighted by molar-refractivity contribution is 0.00999. The van der Waals surface area contributed by atoms with Crippen LogP contribution in [0, 0.1) is 0 Å². The normalized spacial score (nSPS) is 34.8. The summed E-state index contributed by atoms with van der Waals surface area (Å²) in [6, 6.07) is 10.2. The number of nitrogens with one attached hydrogen (secondary N) is 1. The highest BCUT2D eigenvalue weighted by molar-refractivity contribution is 9.10. The molecule has 18 heavy (non-hydrogen) atoms. The first-order valence-electron chi connectivity index (χ1n) is 6.79. The topological polar surface area (TPSA) is 21.3 Å². The van der Waals surface area contributed by atoms with E-state index in [0.717, 1.165) is 12.0 Å². The van der Waals surface area contributed by atoms with E-state index in [1.165, 1.54) is 35.7 Å². The second kappa shape index (κ2) is 5.32. The van der Waals surface area contributed by atoms with Crippen LogP contribution >= 0.6 is 15.9 Å². The zero-order valence-electron chi connectivity index (χ0n) is 10.7. The maximum Gasteiger partial charge on any atom is 0.0601 e. The molecule has 0 amide bonds. The molecule has 2 nitrogen and oxygen atoms in total. The maximum absolute atomic E-state index is 5.31. The molecule has 2 fully saturated rings. The van der Waals surface area contributed by atoms with Crippen LogP contribution in [-0.4, -0.2) is 25.3 Å². The lowest BCUT2D eigenvalue weighted by Gasteiger charge is -2.43. The fraction of sp³-hybridized carbons (Fsp3) is 0.600. The van der Waals surface area contributed by atoms with E-state index >= 15 is 0 Å². The Morgan fingerprint density at radius 3 is 2.28 bits per heavy atom. The van der Waals surface area contributed by atoms with Crippen LogP contribution in [-0.2, 0) is 4.74 Å². The van der Waals surface area contributed by atoms with Crippen LogP contribution in [0.5, 0.6) is 0 Å². The van der Waals surface area contributed by atoms with Crippen LogP contribution in [0.1, 0.15) is 37.2 Å². The number of hydrogen-bond acceptors (Lipinski definition) is 2. The Balaban J connectivity index is 1.42. The summed E-state index contributed by atoms with van der Waals surface area (Å²) in [6.45, 7) is 0. The van der Waals surface area contributed by atoms with Crippen LogP contribution in [0.4, 0.5) is 0 Å². The fourth-order valence-electron chi connectivity index (χ4n) is 2.99. The molecule has 0 atom stereocenters. The van der Waals surface area contributed by atoms with Crippen LogP contribution in [0.15, 0.2) is 28.7 Å². The van der Waals surface area contributed by atoms with Crippen molar-refractivity contribution in [3.63, 3.8) is 0 Å². The Hall–Kier alpha value is -0.380. The molecule has 1 aromatic rings. The molecule has 0 spiro atoms. The molecular formula is C15H20BrNO. The molecule has 0 aliphatic heterocycles. The zero-order valence-corrected chi connectivity index (χ0v) is 12.3. The minimum atomic E-state index is 0.504. The molecule has 3 rings (SSSR count). The third-order valence-corrected chi connectivity index (χ3v) is 4.91. The summed E-state index contributed by atoms with van der Waals surface area (Å²) in [5, 5.41) is 3.74. The number of hydrogen-bond donors (Lipinski definition) is 1. The summed E-state index contributed by atoms with van der Waals surface area (Å²) in [7, 11) is 1.81. The van der Waals surface area contributed by atoms with Crippen LogP contribution in [0.25, 0.3) is 0 Å². The SMILES string of the molecule is COC1CC(NC2CC(c3ccc(Br)cc3)C2)C1. The highest BCUT2D eigenvalue weighted by Crippen LogP contribution is 2.38. The number of rotatable bonds is 4. The van der Waals surface area contributed by atoms with Gasteiger partial charge in [0.2, 0.25) is 0 Å². The average molecular weight is 310 g/mol. The van der Waals surface area contributed by atoms with Crippen molar-refractivity contribution < 1.29 is 4.74 Å². The van der Waals surface area contributed by atoms with Crippen molar-refractivity contribution in [1.29, 1.82) is 0 Å². The minimum absolute atomic E-state index is 0.504. The molecule has 1 N–H and O–H groups in total. The first-order valence-corrected chi connectivity index (χ1v) is 7.58. The third-order valence-electron chi connectivity index (χ3n) is 4.38. The van der Waals surface area contributed by atoms with Gasteiger partial charge in [-0.05, 0) is 49.3 Å². The van der Waals surface area contributed by atoms with E-state index in [9.17, 15) is 0 Å². The molecule has 2 aliphatic carbocycles. The van der Waals surface area contributed by atoms with Gasteiger partial charge in [0.15, 0.2) is 0 Å². The van der Waals surface area contributed by atoms with Crippen molar-refractivity contribution in [2.75, 3.05) is 7.11 Å². The molecule has 0 radical (unpaired) electrons. The van der Waals surface area contributed by atoms with Gasteiger partial charge in [-0.2, -0.15) is 0 Å². The van der Waals surface area contributed by atoms with Gasteiger partial charge in [-0.1, -0.05) is 28.1 Å². The monoisotopic (exact) mass is 309 g/mol. The van der Waals surface area contributed by atoms with E-state index in [-0.39, 0.29) is 0 Å². The van der Waals surface area contributed by atoms with Gasteiger partial charge in [0, 0.05) is 23.7 Å². The van der Waals surface area contributed by atoms with E-state index in [0.29, 0.717) is 12.1 Å². The molecule has 0 heterocycles.